The highest BCUT2D eigenvalue weighted by Crippen LogP contribution is 2.29. The van der Waals surface area contributed by atoms with Crippen LogP contribution in [-0.4, -0.2) is 29.7 Å². The number of carbonyl (C=O) groups is 1. The van der Waals surface area contributed by atoms with Crippen LogP contribution < -0.4 is 25.8 Å². The van der Waals surface area contributed by atoms with Gasteiger partial charge in [0.15, 0.2) is 11.5 Å². The number of hydrogen-bond acceptors (Lipinski definition) is 6. The third-order valence-corrected chi connectivity index (χ3v) is 5.16. The van der Waals surface area contributed by atoms with E-state index >= 15 is 0 Å². The van der Waals surface area contributed by atoms with E-state index in [9.17, 15) is 9.59 Å². The van der Waals surface area contributed by atoms with Crippen molar-refractivity contribution in [2.45, 2.75) is 13.1 Å². The van der Waals surface area contributed by atoms with E-state index in [-0.39, 0.29) is 12.5 Å². The second-order valence-electron chi connectivity index (χ2n) is 7.30. The Morgan fingerprint density at radius 2 is 1.67 bits per heavy atom. The summed E-state index contributed by atoms with van der Waals surface area (Å²) in [6.07, 6.45) is 0. The van der Waals surface area contributed by atoms with Gasteiger partial charge in [0.2, 0.25) is 5.91 Å². The maximum Gasteiger partial charge on any atom is 0.350 e. The van der Waals surface area contributed by atoms with Crippen molar-refractivity contribution in [3.63, 3.8) is 0 Å². The molecule has 0 spiro atoms. The average molecular weight is 444 g/mol. The summed E-state index contributed by atoms with van der Waals surface area (Å²) in [5.74, 6) is 1.17. The number of fused-ring (bicyclic) bond motifs is 1. The first kappa shape index (κ1) is 21.9. The highest BCUT2D eigenvalue weighted by Gasteiger charge is 2.14. The van der Waals surface area contributed by atoms with Crippen LogP contribution in [0.1, 0.15) is 5.56 Å². The SMILES string of the molecule is COc1ccc(NC(=O)Cn2c(=O)nc(NCc3ccccc3)c3ccccc32)cc1OC. The first-order chi connectivity index (χ1) is 16.1. The molecule has 1 amide bonds. The topological polar surface area (TPSA) is 94.5 Å². The van der Waals surface area contributed by atoms with Crippen LogP contribution in [0.2, 0.25) is 0 Å². The molecule has 8 heteroatoms. The summed E-state index contributed by atoms with van der Waals surface area (Å²) >= 11 is 0. The Morgan fingerprint density at radius 1 is 0.939 bits per heavy atom. The number of anilines is 2. The van der Waals surface area contributed by atoms with Gasteiger partial charge < -0.3 is 20.1 Å². The maximum atomic E-state index is 12.8. The van der Waals surface area contributed by atoms with E-state index in [4.69, 9.17) is 9.47 Å². The number of benzene rings is 3. The average Bonchev–Trinajstić information content (AvgIpc) is 2.85. The molecule has 0 saturated heterocycles. The Hall–Kier alpha value is -4.33. The first-order valence-corrected chi connectivity index (χ1v) is 10.4. The van der Waals surface area contributed by atoms with Gasteiger partial charge >= 0.3 is 5.69 Å². The highest BCUT2D eigenvalue weighted by molar-refractivity contribution is 5.93. The van der Waals surface area contributed by atoms with E-state index in [2.05, 4.69) is 15.6 Å². The molecule has 0 bridgehead atoms. The Kier molecular flexibility index (Phi) is 6.54. The molecule has 8 nitrogen and oxygen atoms in total. The molecule has 0 fully saturated rings. The minimum absolute atomic E-state index is 0.181. The number of hydrogen-bond donors (Lipinski definition) is 2. The summed E-state index contributed by atoms with van der Waals surface area (Å²) in [4.78, 5) is 29.8. The fourth-order valence-corrected chi connectivity index (χ4v) is 3.56. The lowest BCUT2D eigenvalue weighted by atomic mass is 10.2. The fourth-order valence-electron chi connectivity index (χ4n) is 3.56. The molecule has 4 aromatic rings. The number of aromatic nitrogens is 2. The molecular weight excluding hydrogens is 420 g/mol. The van der Waals surface area contributed by atoms with Crippen molar-refractivity contribution in [3.8, 4) is 11.5 Å². The van der Waals surface area contributed by atoms with Gasteiger partial charge in [-0.3, -0.25) is 9.36 Å². The largest absolute Gasteiger partial charge is 0.493 e. The van der Waals surface area contributed by atoms with Crippen LogP contribution in [0.3, 0.4) is 0 Å². The van der Waals surface area contributed by atoms with E-state index < -0.39 is 5.69 Å². The number of nitrogens with one attached hydrogen (secondary N) is 2. The zero-order chi connectivity index (χ0) is 23.2. The van der Waals surface area contributed by atoms with Gasteiger partial charge in [0.25, 0.3) is 0 Å². The van der Waals surface area contributed by atoms with E-state index in [0.717, 1.165) is 10.9 Å². The lowest BCUT2D eigenvalue weighted by molar-refractivity contribution is -0.116. The van der Waals surface area contributed by atoms with Crippen molar-refractivity contribution in [1.29, 1.82) is 0 Å². The van der Waals surface area contributed by atoms with Crippen molar-refractivity contribution in [1.82, 2.24) is 9.55 Å². The number of carbonyl (C=O) groups excluding carboxylic acids is 1. The lowest BCUT2D eigenvalue weighted by Crippen LogP contribution is -2.30. The Labute approximate surface area is 190 Å². The molecule has 1 aromatic heterocycles. The number of methoxy groups -OCH3 is 2. The zero-order valence-electron chi connectivity index (χ0n) is 18.4. The predicted molar refractivity (Wildman–Crippen MR) is 128 cm³/mol. The number of nitrogens with zero attached hydrogens (tertiary/aromatic N) is 2. The van der Waals surface area contributed by atoms with Crippen molar-refractivity contribution < 1.29 is 14.3 Å². The van der Waals surface area contributed by atoms with E-state index in [1.807, 2.05) is 48.5 Å². The minimum atomic E-state index is -0.508. The number of ether oxygens (including phenoxy) is 2. The lowest BCUT2D eigenvalue weighted by Gasteiger charge is -2.14. The molecule has 0 aliphatic rings. The van der Waals surface area contributed by atoms with Gasteiger partial charge in [-0.15, -0.1) is 0 Å². The second-order valence-corrected chi connectivity index (χ2v) is 7.30. The molecule has 0 aliphatic carbocycles. The Balaban J connectivity index is 1.57. The van der Waals surface area contributed by atoms with Crippen molar-refractivity contribution >= 4 is 28.3 Å². The van der Waals surface area contributed by atoms with Crippen molar-refractivity contribution in [3.05, 3.63) is 88.8 Å². The minimum Gasteiger partial charge on any atom is -0.493 e. The molecular formula is C25H24N4O4. The van der Waals surface area contributed by atoms with Gasteiger partial charge in [-0.05, 0) is 29.8 Å². The van der Waals surface area contributed by atoms with Gasteiger partial charge in [-0.25, -0.2) is 4.79 Å². The molecule has 4 rings (SSSR count). The molecule has 0 aliphatic heterocycles. The molecule has 0 unspecified atom stereocenters. The molecule has 0 atom stereocenters. The Morgan fingerprint density at radius 3 is 2.42 bits per heavy atom. The van der Waals surface area contributed by atoms with E-state index in [1.165, 1.54) is 11.7 Å². The molecule has 1 heterocycles. The summed E-state index contributed by atoms with van der Waals surface area (Å²) in [7, 11) is 3.06. The Bertz CT molecular complexity index is 1340. The second kappa shape index (κ2) is 9.86. The molecule has 2 N–H and O–H groups in total. The van der Waals surface area contributed by atoms with Crippen LogP contribution in [0.15, 0.2) is 77.6 Å². The number of amides is 1. The number of para-hydroxylation sites is 1. The van der Waals surface area contributed by atoms with Crippen LogP contribution in [0.25, 0.3) is 10.9 Å². The zero-order valence-corrected chi connectivity index (χ0v) is 18.4. The number of rotatable bonds is 8. The molecule has 0 saturated carbocycles. The van der Waals surface area contributed by atoms with Crippen LogP contribution in [0, 0.1) is 0 Å². The molecule has 168 valence electrons. The smallest absolute Gasteiger partial charge is 0.350 e. The third-order valence-electron chi connectivity index (χ3n) is 5.16. The summed E-state index contributed by atoms with van der Waals surface area (Å²) in [6, 6.07) is 22.3. The van der Waals surface area contributed by atoms with Crippen LogP contribution >= 0.6 is 0 Å². The third kappa shape index (κ3) is 4.95. The van der Waals surface area contributed by atoms with Crippen LogP contribution in [-0.2, 0) is 17.9 Å². The maximum absolute atomic E-state index is 12.8. The quantitative estimate of drug-likeness (QED) is 0.431. The van der Waals surface area contributed by atoms with Gasteiger partial charge in [0.1, 0.15) is 12.4 Å². The molecule has 33 heavy (non-hydrogen) atoms. The van der Waals surface area contributed by atoms with Crippen LogP contribution in [0.5, 0.6) is 11.5 Å². The summed E-state index contributed by atoms with van der Waals surface area (Å²) in [5.41, 5.74) is 1.72. The summed E-state index contributed by atoms with van der Waals surface area (Å²) < 4.78 is 11.9. The van der Waals surface area contributed by atoms with Crippen molar-refractivity contribution in [2.24, 2.45) is 0 Å². The first-order valence-electron chi connectivity index (χ1n) is 10.4. The van der Waals surface area contributed by atoms with Crippen molar-refractivity contribution in [2.75, 3.05) is 24.9 Å². The normalized spacial score (nSPS) is 10.6. The summed E-state index contributed by atoms with van der Waals surface area (Å²) in [6.45, 7) is 0.348. The monoisotopic (exact) mass is 444 g/mol. The standard InChI is InChI=1S/C25H24N4O4/c1-32-21-13-12-18(14-22(21)33-2)27-23(30)16-29-20-11-7-6-10-19(20)24(28-25(29)31)26-15-17-8-4-3-5-9-17/h3-14H,15-16H2,1-2H3,(H,27,30)(H,26,28,31). The molecule has 0 radical (unpaired) electrons. The summed E-state index contributed by atoms with van der Waals surface area (Å²) in [5, 5.41) is 6.79. The van der Waals surface area contributed by atoms with E-state index in [1.54, 1.807) is 31.4 Å². The van der Waals surface area contributed by atoms with E-state index in [0.29, 0.717) is 35.1 Å². The predicted octanol–water partition coefficient (Wildman–Crippen LogP) is 3.66. The van der Waals surface area contributed by atoms with Crippen LogP contribution in [0.4, 0.5) is 11.5 Å². The van der Waals surface area contributed by atoms with Gasteiger partial charge in [0.05, 0.1) is 19.7 Å². The molecule has 3 aromatic carbocycles. The van der Waals surface area contributed by atoms with Gasteiger partial charge in [-0.2, -0.15) is 4.98 Å². The fraction of sp³-hybridized carbons (Fsp3) is 0.160. The van der Waals surface area contributed by atoms with Gasteiger partial charge in [0, 0.05) is 23.7 Å². The van der Waals surface area contributed by atoms with Gasteiger partial charge in [-0.1, -0.05) is 42.5 Å². The highest BCUT2D eigenvalue weighted by atomic mass is 16.5.